The molecule has 1 saturated heterocycles. The first kappa shape index (κ1) is 15.0. The van der Waals surface area contributed by atoms with E-state index >= 15 is 0 Å². The van der Waals surface area contributed by atoms with Gasteiger partial charge in [0.05, 0.1) is 14.2 Å². The van der Waals surface area contributed by atoms with Crippen molar-refractivity contribution in [2.24, 2.45) is 0 Å². The lowest BCUT2D eigenvalue weighted by Gasteiger charge is -2.13. The maximum absolute atomic E-state index is 11.9. The molecule has 0 saturated carbocycles. The lowest BCUT2D eigenvalue weighted by atomic mass is 10.1. The van der Waals surface area contributed by atoms with E-state index in [9.17, 15) is 9.59 Å². The van der Waals surface area contributed by atoms with E-state index in [1.54, 1.807) is 18.2 Å². The summed E-state index contributed by atoms with van der Waals surface area (Å²) < 4.78 is 10.4. The Morgan fingerprint density at radius 3 is 2.62 bits per heavy atom. The standard InChI is InChI=1S/C14H14N2O4S/c1-8(17)16-11(13(18)15-14(16)21)7-9-6-10(19-2)4-5-12(9)20-3/h4-7H,1-3H3,(H,15,18,21). The second kappa shape index (κ2) is 5.92. The highest BCUT2D eigenvalue weighted by molar-refractivity contribution is 7.80. The van der Waals surface area contributed by atoms with Gasteiger partial charge >= 0.3 is 0 Å². The van der Waals surface area contributed by atoms with Crippen LogP contribution in [0, 0.1) is 0 Å². The summed E-state index contributed by atoms with van der Waals surface area (Å²) >= 11 is 4.97. The quantitative estimate of drug-likeness (QED) is 0.673. The first-order valence-electron chi connectivity index (χ1n) is 6.07. The van der Waals surface area contributed by atoms with Gasteiger partial charge in [-0.15, -0.1) is 0 Å². The van der Waals surface area contributed by atoms with E-state index in [1.165, 1.54) is 27.2 Å². The van der Waals surface area contributed by atoms with E-state index in [-0.39, 0.29) is 16.7 Å². The Kier molecular flexibility index (Phi) is 4.23. The average Bonchev–Trinajstić information content (AvgIpc) is 2.73. The van der Waals surface area contributed by atoms with Gasteiger partial charge in [0.15, 0.2) is 5.11 Å². The highest BCUT2D eigenvalue weighted by Gasteiger charge is 2.33. The van der Waals surface area contributed by atoms with Crippen LogP contribution >= 0.6 is 12.2 Å². The summed E-state index contributed by atoms with van der Waals surface area (Å²) in [5.74, 6) is 0.391. The molecule has 0 spiro atoms. The summed E-state index contributed by atoms with van der Waals surface area (Å²) in [5, 5.41) is 2.51. The zero-order valence-corrected chi connectivity index (χ0v) is 12.6. The third kappa shape index (κ3) is 2.87. The molecule has 0 atom stereocenters. The Morgan fingerprint density at radius 2 is 2.05 bits per heavy atom. The first-order chi connectivity index (χ1) is 9.97. The minimum atomic E-state index is -0.430. The summed E-state index contributed by atoms with van der Waals surface area (Å²) in [4.78, 5) is 24.7. The zero-order valence-electron chi connectivity index (χ0n) is 11.8. The number of nitrogens with zero attached hydrogens (tertiary/aromatic N) is 1. The van der Waals surface area contributed by atoms with Crippen molar-refractivity contribution in [3.8, 4) is 11.5 Å². The molecule has 0 aliphatic carbocycles. The summed E-state index contributed by atoms with van der Waals surface area (Å²) in [6.07, 6.45) is 1.54. The maximum atomic E-state index is 11.9. The van der Waals surface area contributed by atoms with Crippen molar-refractivity contribution in [2.75, 3.05) is 14.2 Å². The van der Waals surface area contributed by atoms with Crippen LogP contribution in [0.4, 0.5) is 0 Å². The summed E-state index contributed by atoms with van der Waals surface area (Å²) in [7, 11) is 3.06. The fraction of sp³-hybridized carbons (Fsp3) is 0.214. The zero-order chi connectivity index (χ0) is 15.6. The molecule has 1 aliphatic rings. The Balaban J connectivity index is 2.53. The van der Waals surface area contributed by atoms with Crippen LogP contribution in [0.3, 0.4) is 0 Å². The molecule has 6 nitrogen and oxygen atoms in total. The summed E-state index contributed by atoms with van der Waals surface area (Å²) in [6.45, 7) is 1.34. The molecule has 1 aliphatic heterocycles. The van der Waals surface area contributed by atoms with E-state index in [4.69, 9.17) is 21.7 Å². The Morgan fingerprint density at radius 1 is 1.33 bits per heavy atom. The lowest BCUT2D eigenvalue weighted by Crippen LogP contribution is -2.31. The smallest absolute Gasteiger partial charge is 0.274 e. The van der Waals surface area contributed by atoms with Crippen LogP contribution < -0.4 is 14.8 Å². The van der Waals surface area contributed by atoms with Gasteiger partial charge in [-0.05, 0) is 36.5 Å². The fourth-order valence-corrected chi connectivity index (χ4v) is 2.29. The molecule has 0 aromatic heterocycles. The number of carbonyl (C=O) groups is 2. The number of amides is 2. The monoisotopic (exact) mass is 306 g/mol. The van der Waals surface area contributed by atoms with Crippen molar-refractivity contribution in [1.82, 2.24) is 10.2 Å². The van der Waals surface area contributed by atoms with E-state index in [0.717, 1.165) is 4.90 Å². The second-order valence-electron chi connectivity index (χ2n) is 4.25. The van der Waals surface area contributed by atoms with Gasteiger partial charge in [-0.1, -0.05) is 0 Å². The van der Waals surface area contributed by atoms with Crippen LogP contribution in [0.2, 0.25) is 0 Å². The van der Waals surface area contributed by atoms with Gasteiger partial charge in [-0.25, -0.2) is 0 Å². The Labute approximate surface area is 127 Å². The van der Waals surface area contributed by atoms with Gasteiger partial charge in [-0.2, -0.15) is 0 Å². The first-order valence-corrected chi connectivity index (χ1v) is 6.48. The number of benzene rings is 1. The second-order valence-corrected chi connectivity index (χ2v) is 4.64. The van der Waals surface area contributed by atoms with Crippen molar-refractivity contribution in [2.45, 2.75) is 6.92 Å². The number of thiocarbonyl (C=S) groups is 1. The molecule has 0 bridgehead atoms. The Bertz CT molecular complexity index is 654. The maximum Gasteiger partial charge on any atom is 0.274 e. The molecule has 1 fully saturated rings. The Hall–Kier alpha value is -2.41. The van der Waals surface area contributed by atoms with Gasteiger partial charge in [0.1, 0.15) is 17.2 Å². The number of hydrogen-bond donors (Lipinski definition) is 1. The third-order valence-electron chi connectivity index (χ3n) is 2.94. The molecule has 1 N–H and O–H groups in total. The summed E-state index contributed by atoms with van der Waals surface area (Å²) in [6, 6.07) is 5.16. The molecule has 7 heteroatoms. The van der Waals surface area contributed by atoms with Gasteiger partial charge in [0.25, 0.3) is 5.91 Å². The largest absolute Gasteiger partial charge is 0.497 e. The number of rotatable bonds is 3. The van der Waals surface area contributed by atoms with Crippen LogP contribution in [0.5, 0.6) is 11.5 Å². The minimum absolute atomic E-state index is 0.0700. The molecule has 1 heterocycles. The topological polar surface area (TPSA) is 67.9 Å². The third-order valence-corrected chi connectivity index (χ3v) is 3.23. The van der Waals surface area contributed by atoms with Gasteiger partial charge in [0, 0.05) is 12.5 Å². The van der Waals surface area contributed by atoms with Crippen molar-refractivity contribution in [3.05, 3.63) is 29.5 Å². The molecule has 1 aromatic rings. The molecule has 21 heavy (non-hydrogen) atoms. The highest BCUT2D eigenvalue weighted by atomic mass is 32.1. The predicted octanol–water partition coefficient (Wildman–Crippen LogP) is 1.31. The molecule has 2 amide bonds. The van der Waals surface area contributed by atoms with Crippen LogP contribution in [-0.4, -0.2) is 36.0 Å². The lowest BCUT2D eigenvalue weighted by molar-refractivity contribution is -0.125. The van der Waals surface area contributed by atoms with Gasteiger partial charge in [-0.3, -0.25) is 19.8 Å². The van der Waals surface area contributed by atoms with Crippen LogP contribution in [0.15, 0.2) is 23.9 Å². The molecule has 0 unspecified atom stereocenters. The number of hydrogen-bond acceptors (Lipinski definition) is 5. The van der Waals surface area contributed by atoms with Crippen molar-refractivity contribution in [1.29, 1.82) is 0 Å². The number of ether oxygens (including phenoxy) is 2. The number of nitrogens with one attached hydrogen (secondary N) is 1. The minimum Gasteiger partial charge on any atom is -0.497 e. The SMILES string of the molecule is COc1ccc(OC)c(C=C2C(=O)NC(=S)N2C(C)=O)c1. The van der Waals surface area contributed by atoms with Crippen molar-refractivity contribution in [3.63, 3.8) is 0 Å². The predicted molar refractivity (Wildman–Crippen MR) is 80.8 cm³/mol. The fourth-order valence-electron chi connectivity index (χ4n) is 1.97. The van der Waals surface area contributed by atoms with Gasteiger partial charge in [0.2, 0.25) is 5.91 Å². The summed E-state index contributed by atoms with van der Waals surface area (Å²) in [5.41, 5.74) is 0.761. The van der Waals surface area contributed by atoms with E-state index in [1.807, 2.05) is 0 Å². The highest BCUT2D eigenvalue weighted by Crippen LogP contribution is 2.28. The van der Waals surface area contributed by atoms with Crippen LogP contribution in [-0.2, 0) is 9.59 Å². The molecule has 0 radical (unpaired) electrons. The van der Waals surface area contributed by atoms with Crippen LogP contribution in [0.1, 0.15) is 12.5 Å². The van der Waals surface area contributed by atoms with E-state index in [2.05, 4.69) is 5.32 Å². The molecule has 2 rings (SSSR count). The normalized spacial score (nSPS) is 16.1. The van der Waals surface area contributed by atoms with Crippen LogP contribution in [0.25, 0.3) is 6.08 Å². The van der Waals surface area contributed by atoms with E-state index < -0.39 is 5.91 Å². The molecular weight excluding hydrogens is 292 g/mol. The molecule has 1 aromatic carbocycles. The molecular formula is C14H14N2O4S. The number of methoxy groups -OCH3 is 2. The van der Waals surface area contributed by atoms with Gasteiger partial charge < -0.3 is 9.47 Å². The van der Waals surface area contributed by atoms with E-state index in [0.29, 0.717) is 17.1 Å². The average molecular weight is 306 g/mol. The number of carbonyl (C=O) groups excluding carboxylic acids is 2. The van der Waals surface area contributed by atoms with Crippen molar-refractivity contribution >= 4 is 35.2 Å². The molecule has 110 valence electrons. The van der Waals surface area contributed by atoms with Crippen molar-refractivity contribution < 1.29 is 19.1 Å².